The van der Waals surface area contributed by atoms with E-state index in [1.54, 1.807) is 0 Å². The van der Waals surface area contributed by atoms with Crippen molar-refractivity contribution in [2.45, 2.75) is 12.8 Å². The minimum Gasteiger partial charge on any atom is -0.431 e. The summed E-state index contributed by atoms with van der Waals surface area (Å²) in [5, 5.41) is 0.456. The molecule has 0 radical (unpaired) electrons. The minimum absolute atomic E-state index is 0.0732. The van der Waals surface area contributed by atoms with Crippen LogP contribution in [0.15, 0.2) is 0 Å². The van der Waals surface area contributed by atoms with Crippen molar-refractivity contribution in [1.29, 1.82) is 0 Å². The van der Waals surface area contributed by atoms with Crippen LogP contribution < -0.4 is 0 Å². The van der Waals surface area contributed by atoms with Gasteiger partial charge in [0, 0.05) is 19.4 Å². The number of amides is 2. The number of hydrogen-bond donors (Lipinski definition) is 0. The number of rotatable bonds is 4. The molecule has 0 spiro atoms. The summed E-state index contributed by atoms with van der Waals surface area (Å²) in [7, 11) is 3.64. The molecule has 1 saturated heterocycles. The van der Waals surface area contributed by atoms with Crippen LogP contribution in [-0.2, 0) is 19.2 Å². The summed E-state index contributed by atoms with van der Waals surface area (Å²) >= 11 is 0. The molecule has 0 aromatic carbocycles. The van der Waals surface area contributed by atoms with Crippen molar-refractivity contribution in [2.75, 3.05) is 27.2 Å². The molecule has 0 aliphatic carbocycles. The second-order valence-electron chi connectivity index (χ2n) is 3.57. The molecule has 7 nitrogen and oxygen atoms in total. The topological polar surface area (TPSA) is 76.2 Å². The average molecular weight is 230 g/mol. The zero-order valence-corrected chi connectivity index (χ0v) is 9.26. The third-order valence-corrected chi connectivity index (χ3v) is 1.93. The lowest BCUT2D eigenvalue weighted by Gasteiger charge is -2.13. The molecule has 2 amide bonds. The highest BCUT2D eigenvalue weighted by Gasteiger charge is 2.33. The lowest BCUT2D eigenvalue weighted by atomic mass is 10.4. The third kappa shape index (κ3) is 3.50. The van der Waals surface area contributed by atoms with Gasteiger partial charge in [-0.3, -0.25) is 14.4 Å². The lowest BCUT2D eigenvalue weighted by Crippen LogP contribution is -2.33. The lowest BCUT2D eigenvalue weighted by molar-refractivity contribution is -0.177. The molecule has 0 aromatic heterocycles. The number of nitrogens with zero attached hydrogens (tertiary/aromatic N) is 2. The van der Waals surface area contributed by atoms with E-state index in [1.165, 1.54) is 0 Å². The molecule has 90 valence electrons. The molecule has 1 heterocycles. The molecule has 1 aliphatic heterocycles. The summed E-state index contributed by atoms with van der Waals surface area (Å²) < 4.78 is 4.66. The Hall–Kier alpha value is -1.63. The van der Waals surface area contributed by atoms with Gasteiger partial charge >= 0.3 is 6.16 Å². The molecule has 1 rings (SSSR count). The van der Waals surface area contributed by atoms with E-state index in [-0.39, 0.29) is 19.4 Å². The van der Waals surface area contributed by atoms with E-state index in [0.717, 1.165) is 0 Å². The summed E-state index contributed by atoms with van der Waals surface area (Å²) in [6, 6.07) is 0. The number of hydroxylamine groups is 2. The monoisotopic (exact) mass is 230 g/mol. The van der Waals surface area contributed by atoms with Crippen molar-refractivity contribution >= 4 is 18.0 Å². The maximum absolute atomic E-state index is 11.1. The molecule has 0 saturated carbocycles. The van der Waals surface area contributed by atoms with E-state index >= 15 is 0 Å². The fraction of sp³-hybridized carbons (Fsp3) is 0.667. The van der Waals surface area contributed by atoms with Gasteiger partial charge in [-0.25, -0.2) is 4.79 Å². The van der Waals surface area contributed by atoms with Crippen molar-refractivity contribution in [3.8, 4) is 0 Å². The normalized spacial score (nSPS) is 15.8. The van der Waals surface area contributed by atoms with Crippen molar-refractivity contribution < 1.29 is 24.0 Å². The Bertz CT molecular complexity index is 286. The summed E-state index contributed by atoms with van der Waals surface area (Å²) in [6.07, 6.45) is -0.890. The van der Waals surface area contributed by atoms with Gasteiger partial charge in [0.25, 0.3) is 11.8 Å². The Balaban J connectivity index is 2.28. The Morgan fingerprint density at radius 1 is 1.31 bits per heavy atom. The first kappa shape index (κ1) is 12.4. The molecule has 1 aliphatic rings. The minimum atomic E-state index is -1.04. The summed E-state index contributed by atoms with van der Waals surface area (Å²) in [6.45, 7) is 0.680. The zero-order chi connectivity index (χ0) is 12.1. The van der Waals surface area contributed by atoms with E-state index in [1.807, 2.05) is 19.0 Å². The predicted molar refractivity (Wildman–Crippen MR) is 52.1 cm³/mol. The van der Waals surface area contributed by atoms with Gasteiger partial charge in [0.15, 0.2) is 0 Å². The average Bonchev–Trinajstić information content (AvgIpc) is 2.49. The molecule has 0 N–H and O–H groups in total. The number of carbonyl (C=O) groups excluding carboxylic acids is 3. The van der Waals surface area contributed by atoms with Crippen LogP contribution in [0.25, 0.3) is 0 Å². The second-order valence-corrected chi connectivity index (χ2v) is 3.57. The van der Waals surface area contributed by atoms with Crippen molar-refractivity contribution in [3.63, 3.8) is 0 Å². The van der Waals surface area contributed by atoms with E-state index in [0.29, 0.717) is 11.6 Å². The third-order valence-electron chi connectivity index (χ3n) is 1.93. The van der Waals surface area contributed by atoms with E-state index < -0.39 is 18.0 Å². The van der Waals surface area contributed by atoms with Gasteiger partial charge in [-0.15, -0.1) is 0 Å². The molecule has 7 heteroatoms. The SMILES string of the molecule is CN(C)CCOC(=O)ON1C(=O)CCC1=O. The van der Waals surface area contributed by atoms with Gasteiger partial charge in [0.05, 0.1) is 0 Å². The zero-order valence-electron chi connectivity index (χ0n) is 9.26. The molecular weight excluding hydrogens is 216 g/mol. The summed E-state index contributed by atoms with van der Waals surface area (Å²) in [4.78, 5) is 39.5. The molecule has 0 aromatic rings. The summed E-state index contributed by atoms with van der Waals surface area (Å²) in [5.74, 6) is -1.04. The Labute approximate surface area is 92.8 Å². The number of likely N-dealkylation sites (N-methyl/N-ethyl adjacent to an activating group) is 1. The quantitative estimate of drug-likeness (QED) is 0.490. The smallest absolute Gasteiger partial charge is 0.431 e. The Kier molecular flexibility index (Phi) is 4.24. The van der Waals surface area contributed by atoms with Gasteiger partial charge in [-0.1, -0.05) is 5.06 Å². The molecule has 16 heavy (non-hydrogen) atoms. The second kappa shape index (κ2) is 5.45. The van der Waals surface area contributed by atoms with Crippen LogP contribution in [0.3, 0.4) is 0 Å². The fourth-order valence-corrected chi connectivity index (χ4v) is 1.07. The van der Waals surface area contributed by atoms with E-state index in [2.05, 4.69) is 9.57 Å². The molecule has 0 atom stereocenters. The Morgan fingerprint density at radius 3 is 2.38 bits per heavy atom. The van der Waals surface area contributed by atoms with Crippen molar-refractivity contribution in [3.05, 3.63) is 0 Å². The highest BCUT2D eigenvalue weighted by Crippen LogP contribution is 2.12. The van der Waals surface area contributed by atoms with Crippen LogP contribution >= 0.6 is 0 Å². The van der Waals surface area contributed by atoms with Gasteiger partial charge in [-0.05, 0) is 14.1 Å². The van der Waals surface area contributed by atoms with Crippen LogP contribution in [-0.4, -0.2) is 55.2 Å². The standard InChI is InChI=1S/C9H14N2O5/c1-10(2)5-6-15-9(14)16-11-7(12)3-4-8(11)13/h3-6H2,1-2H3. The van der Waals surface area contributed by atoms with Crippen LogP contribution in [0.2, 0.25) is 0 Å². The fourth-order valence-electron chi connectivity index (χ4n) is 1.07. The number of imide groups is 1. The van der Waals surface area contributed by atoms with Crippen molar-refractivity contribution in [2.24, 2.45) is 0 Å². The van der Waals surface area contributed by atoms with Crippen molar-refractivity contribution in [1.82, 2.24) is 9.96 Å². The summed E-state index contributed by atoms with van der Waals surface area (Å²) in [5.41, 5.74) is 0. The molecule has 0 bridgehead atoms. The highest BCUT2D eigenvalue weighted by molar-refractivity contribution is 6.01. The van der Waals surface area contributed by atoms with Crippen LogP contribution in [0.4, 0.5) is 4.79 Å². The highest BCUT2D eigenvalue weighted by atomic mass is 16.8. The maximum atomic E-state index is 11.1. The number of hydrogen-bond acceptors (Lipinski definition) is 6. The van der Waals surface area contributed by atoms with Crippen LogP contribution in [0.5, 0.6) is 0 Å². The maximum Gasteiger partial charge on any atom is 0.534 e. The molecular formula is C9H14N2O5. The molecule has 1 fully saturated rings. The largest absolute Gasteiger partial charge is 0.534 e. The van der Waals surface area contributed by atoms with Gasteiger partial charge in [-0.2, -0.15) is 0 Å². The van der Waals surface area contributed by atoms with Gasteiger partial charge in [0.2, 0.25) is 0 Å². The first-order valence-corrected chi connectivity index (χ1v) is 4.86. The first-order chi connectivity index (χ1) is 7.50. The van der Waals surface area contributed by atoms with Gasteiger partial charge < -0.3 is 9.64 Å². The van der Waals surface area contributed by atoms with Crippen LogP contribution in [0.1, 0.15) is 12.8 Å². The Morgan fingerprint density at radius 2 is 1.88 bits per heavy atom. The van der Waals surface area contributed by atoms with E-state index in [4.69, 9.17) is 0 Å². The first-order valence-electron chi connectivity index (χ1n) is 4.86. The number of carbonyl (C=O) groups is 3. The predicted octanol–water partition coefficient (Wildman–Crippen LogP) is -0.235. The number of ether oxygens (including phenoxy) is 1. The van der Waals surface area contributed by atoms with Crippen LogP contribution in [0, 0.1) is 0 Å². The van der Waals surface area contributed by atoms with E-state index in [9.17, 15) is 14.4 Å². The molecule has 0 unspecified atom stereocenters. The van der Waals surface area contributed by atoms with Gasteiger partial charge in [0.1, 0.15) is 6.61 Å².